The highest BCUT2D eigenvalue weighted by Gasteiger charge is 2.51. The third-order valence-corrected chi connectivity index (χ3v) is 3.41. The average Bonchev–Trinajstić information content (AvgIpc) is 2.62. The molecule has 1 fully saturated rings. The van der Waals surface area contributed by atoms with Crippen molar-refractivity contribution in [2.75, 3.05) is 0 Å². The molecule has 0 aromatic carbocycles. The monoisotopic (exact) mass is 183 g/mol. The predicted molar refractivity (Wildman–Crippen MR) is 58.6 cm³/mol. The third kappa shape index (κ3) is 2.98. The fourth-order valence-electron chi connectivity index (χ4n) is 2.38. The van der Waals surface area contributed by atoms with Crippen LogP contribution in [0.1, 0.15) is 53.4 Å². The summed E-state index contributed by atoms with van der Waals surface area (Å²) in [7, 11) is 0. The molecule has 13 heavy (non-hydrogen) atoms. The molecule has 2 unspecified atom stereocenters. The van der Waals surface area contributed by atoms with Gasteiger partial charge in [0.2, 0.25) is 0 Å². The van der Waals surface area contributed by atoms with Crippen molar-refractivity contribution in [2.45, 2.75) is 58.9 Å². The highest BCUT2D eigenvalue weighted by molar-refractivity contribution is 5.08. The van der Waals surface area contributed by atoms with Crippen LogP contribution in [0.15, 0.2) is 0 Å². The first-order valence-corrected chi connectivity index (χ1v) is 5.74. The molecule has 0 amide bonds. The highest BCUT2D eigenvalue weighted by Crippen LogP contribution is 2.49. The predicted octanol–water partition coefficient (Wildman–Crippen LogP) is 3.19. The summed E-state index contributed by atoms with van der Waals surface area (Å²) in [6.07, 6.45) is 5.16. The molecule has 1 saturated carbocycles. The smallest absolute Gasteiger partial charge is 0.0189 e. The van der Waals surface area contributed by atoms with Gasteiger partial charge in [-0.15, -0.1) is 0 Å². The molecule has 78 valence electrons. The zero-order valence-corrected chi connectivity index (χ0v) is 9.64. The maximum Gasteiger partial charge on any atom is 0.0189 e. The Morgan fingerprint density at radius 1 is 1.31 bits per heavy atom. The van der Waals surface area contributed by atoms with E-state index in [-0.39, 0.29) is 5.54 Å². The molecule has 0 aromatic heterocycles. The summed E-state index contributed by atoms with van der Waals surface area (Å²) >= 11 is 0. The van der Waals surface area contributed by atoms with Gasteiger partial charge in [-0.05, 0) is 30.6 Å². The van der Waals surface area contributed by atoms with E-state index < -0.39 is 0 Å². The van der Waals surface area contributed by atoms with Crippen molar-refractivity contribution in [3.63, 3.8) is 0 Å². The molecular weight excluding hydrogens is 158 g/mol. The van der Waals surface area contributed by atoms with Gasteiger partial charge in [-0.25, -0.2) is 0 Å². The van der Waals surface area contributed by atoms with E-state index in [9.17, 15) is 0 Å². The van der Waals surface area contributed by atoms with Crippen LogP contribution in [0.3, 0.4) is 0 Å². The van der Waals surface area contributed by atoms with Crippen molar-refractivity contribution in [1.82, 2.24) is 0 Å². The number of hydrogen-bond donors (Lipinski definition) is 1. The Hall–Kier alpha value is -0.0400. The maximum absolute atomic E-state index is 6.28. The van der Waals surface area contributed by atoms with Gasteiger partial charge in [0.05, 0.1) is 0 Å². The van der Waals surface area contributed by atoms with Crippen LogP contribution in [0.25, 0.3) is 0 Å². The van der Waals surface area contributed by atoms with Crippen LogP contribution in [-0.4, -0.2) is 5.54 Å². The molecule has 2 N–H and O–H groups in total. The molecule has 1 aliphatic carbocycles. The van der Waals surface area contributed by atoms with Crippen LogP contribution in [0.2, 0.25) is 0 Å². The minimum atomic E-state index is 0.225. The van der Waals surface area contributed by atoms with Gasteiger partial charge >= 0.3 is 0 Å². The second kappa shape index (κ2) is 4.00. The molecule has 2 atom stereocenters. The van der Waals surface area contributed by atoms with Gasteiger partial charge in [0.1, 0.15) is 0 Å². The Kier molecular flexibility index (Phi) is 3.39. The van der Waals surface area contributed by atoms with Gasteiger partial charge in [-0.2, -0.15) is 0 Å². The molecule has 1 heteroatoms. The maximum atomic E-state index is 6.28. The first kappa shape index (κ1) is 11.0. The molecular formula is C12H25N. The van der Waals surface area contributed by atoms with Crippen molar-refractivity contribution in [2.24, 2.45) is 23.5 Å². The van der Waals surface area contributed by atoms with E-state index in [4.69, 9.17) is 5.73 Å². The highest BCUT2D eigenvalue weighted by atomic mass is 14.9. The number of nitrogens with two attached hydrogens (primary N) is 1. The van der Waals surface area contributed by atoms with E-state index >= 15 is 0 Å². The first-order chi connectivity index (χ1) is 5.96. The van der Waals surface area contributed by atoms with E-state index in [1.54, 1.807) is 0 Å². The largest absolute Gasteiger partial charge is 0.325 e. The van der Waals surface area contributed by atoms with Gasteiger partial charge < -0.3 is 5.73 Å². The first-order valence-electron chi connectivity index (χ1n) is 5.74. The lowest BCUT2D eigenvalue weighted by atomic mass is 9.97. The molecule has 1 aliphatic rings. The third-order valence-electron chi connectivity index (χ3n) is 3.41. The normalized spacial score (nSPS) is 33.0. The lowest BCUT2D eigenvalue weighted by Crippen LogP contribution is -2.26. The Balaban J connectivity index is 2.16. The molecule has 0 aliphatic heterocycles. The lowest BCUT2D eigenvalue weighted by molar-refractivity contribution is 0.426. The standard InChI is InChI=1S/C12H25N/c1-9(2)6-5-7-12(13)8-11(12)10(3)4/h9-11H,5-8,13H2,1-4H3. The number of rotatable bonds is 5. The van der Waals surface area contributed by atoms with Crippen LogP contribution in [0, 0.1) is 17.8 Å². The summed E-state index contributed by atoms with van der Waals surface area (Å²) in [6, 6.07) is 0. The van der Waals surface area contributed by atoms with Gasteiger partial charge in [0.15, 0.2) is 0 Å². The van der Waals surface area contributed by atoms with Crippen LogP contribution < -0.4 is 5.73 Å². The van der Waals surface area contributed by atoms with Gasteiger partial charge in [-0.1, -0.05) is 40.5 Å². The van der Waals surface area contributed by atoms with Crippen molar-refractivity contribution in [3.05, 3.63) is 0 Å². The van der Waals surface area contributed by atoms with E-state index in [0.29, 0.717) is 0 Å². The van der Waals surface area contributed by atoms with Gasteiger partial charge in [0, 0.05) is 5.54 Å². The molecule has 0 radical (unpaired) electrons. The van der Waals surface area contributed by atoms with Crippen molar-refractivity contribution in [3.8, 4) is 0 Å². The minimum absolute atomic E-state index is 0.225. The molecule has 0 aromatic rings. The van der Waals surface area contributed by atoms with Crippen molar-refractivity contribution >= 4 is 0 Å². The Morgan fingerprint density at radius 2 is 1.92 bits per heavy atom. The second-order valence-corrected chi connectivity index (χ2v) is 5.57. The number of hydrogen-bond acceptors (Lipinski definition) is 1. The topological polar surface area (TPSA) is 26.0 Å². The van der Waals surface area contributed by atoms with Crippen LogP contribution in [0.4, 0.5) is 0 Å². The molecule has 0 bridgehead atoms. The second-order valence-electron chi connectivity index (χ2n) is 5.57. The van der Waals surface area contributed by atoms with E-state index in [1.165, 1.54) is 25.7 Å². The Bertz CT molecular complexity index is 163. The van der Waals surface area contributed by atoms with Crippen molar-refractivity contribution in [1.29, 1.82) is 0 Å². The summed E-state index contributed by atoms with van der Waals surface area (Å²) in [5, 5.41) is 0. The molecule has 0 heterocycles. The van der Waals surface area contributed by atoms with Crippen molar-refractivity contribution < 1.29 is 0 Å². The summed E-state index contributed by atoms with van der Waals surface area (Å²) in [5.74, 6) is 2.42. The fourth-order valence-corrected chi connectivity index (χ4v) is 2.38. The molecule has 1 rings (SSSR count). The van der Waals surface area contributed by atoms with Crippen LogP contribution in [-0.2, 0) is 0 Å². The van der Waals surface area contributed by atoms with E-state index in [2.05, 4.69) is 27.7 Å². The SMILES string of the molecule is CC(C)CCCC1(N)CC1C(C)C. The van der Waals surface area contributed by atoms with Crippen LogP contribution >= 0.6 is 0 Å². The molecule has 0 saturated heterocycles. The zero-order chi connectivity index (χ0) is 10.1. The van der Waals surface area contributed by atoms with Crippen LogP contribution in [0.5, 0.6) is 0 Å². The summed E-state index contributed by atoms with van der Waals surface area (Å²) in [6.45, 7) is 9.16. The molecule has 1 nitrogen and oxygen atoms in total. The Morgan fingerprint density at radius 3 is 2.31 bits per heavy atom. The molecule has 0 spiro atoms. The fraction of sp³-hybridized carbons (Fsp3) is 1.00. The minimum Gasteiger partial charge on any atom is -0.325 e. The lowest BCUT2D eigenvalue weighted by Gasteiger charge is -2.14. The van der Waals surface area contributed by atoms with E-state index in [0.717, 1.165) is 17.8 Å². The Labute approximate surface area is 83.1 Å². The van der Waals surface area contributed by atoms with Gasteiger partial charge in [-0.3, -0.25) is 0 Å². The summed E-state index contributed by atoms with van der Waals surface area (Å²) < 4.78 is 0. The quantitative estimate of drug-likeness (QED) is 0.696. The summed E-state index contributed by atoms with van der Waals surface area (Å²) in [4.78, 5) is 0. The summed E-state index contributed by atoms with van der Waals surface area (Å²) in [5.41, 5.74) is 6.50. The van der Waals surface area contributed by atoms with E-state index in [1.807, 2.05) is 0 Å². The zero-order valence-electron chi connectivity index (χ0n) is 9.64. The van der Waals surface area contributed by atoms with Gasteiger partial charge in [0.25, 0.3) is 0 Å². The average molecular weight is 183 g/mol.